The molecule has 0 saturated carbocycles. The van der Waals surface area contributed by atoms with Crippen LogP contribution in [-0.2, 0) is 4.79 Å². The number of hydrogen-bond donors (Lipinski definition) is 2. The third-order valence-electron chi connectivity index (χ3n) is 5.29. The molecule has 3 heterocycles. The molecule has 0 aromatic carbocycles. The monoisotopic (exact) mass is 378 g/mol. The third-order valence-corrected chi connectivity index (χ3v) is 5.29. The number of halogens is 1. The second-order valence-corrected chi connectivity index (χ2v) is 8.81. The molecule has 3 N–H and O–H groups in total. The number of nitrogen functional groups attached to an aromatic ring is 1. The van der Waals surface area contributed by atoms with E-state index < -0.39 is 5.82 Å². The van der Waals surface area contributed by atoms with Crippen LogP contribution in [0.25, 0.3) is 0 Å². The van der Waals surface area contributed by atoms with E-state index in [1.54, 1.807) is 0 Å². The Morgan fingerprint density at radius 1 is 1.26 bits per heavy atom. The molecule has 8 heteroatoms. The van der Waals surface area contributed by atoms with Gasteiger partial charge in [-0.25, -0.2) is 9.97 Å². The van der Waals surface area contributed by atoms with Crippen molar-refractivity contribution in [3.63, 3.8) is 0 Å². The number of nitrogens with zero attached hydrogens (tertiary/aromatic N) is 4. The van der Waals surface area contributed by atoms with Gasteiger partial charge in [-0.15, -0.1) is 0 Å². The Hall–Kier alpha value is -1.96. The fourth-order valence-corrected chi connectivity index (χ4v) is 3.88. The highest BCUT2D eigenvalue weighted by molar-refractivity contribution is 5.83. The van der Waals surface area contributed by atoms with Crippen molar-refractivity contribution in [3.05, 3.63) is 12.1 Å². The van der Waals surface area contributed by atoms with Crippen LogP contribution in [0.15, 0.2) is 6.33 Å². The van der Waals surface area contributed by atoms with Crippen LogP contribution in [-0.4, -0.2) is 59.0 Å². The highest BCUT2D eigenvalue weighted by atomic mass is 19.1. The van der Waals surface area contributed by atoms with Crippen molar-refractivity contribution in [1.29, 1.82) is 0 Å². The molecule has 1 amide bonds. The van der Waals surface area contributed by atoms with E-state index in [4.69, 9.17) is 5.73 Å². The predicted molar refractivity (Wildman–Crippen MR) is 104 cm³/mol. The summed E-state index contributed by atoms with van der Waals surface area (Å²) >= 11 is 0. The van der Waals surface area contributed by atoms with Crippen LogP contribution in [0.2, 0.25) is 0 Å². The lowest BCUT2D eigenvalue weighted by Crippen LogP contribution is -2.58. The molecule has 2 saturated heterocycles. The lowest BCUT2D eigenvalue weighted by molar-refractivity contribution is -0.138. The number of anilines is 2. The summed E-state index contributed by atoms with van der Waals surface area (Å²) in [4.78, 5) is 24.7. The minimum absolute atomic E-state index is 0.0704. The van der Waals surface area contributed by atoms with Crippen molar-refractivity contribution >= 4 is 17.5 Å². The number of amides is 1. The average Bonchev–Trinajstić information content (AvgIpc) is 2.62. The standard InChI is InChI=1S/C19H31FN6O/c1-19(2,3)11-22-14-7-5-9-26(18(14)27)13-6-4-8-25(10-13)17-15(20)16(21)23-12-24-17/h12-14,22H,4-11H2,1-3H3,(H2,21,23,24). The van der Waals surface area contributed by atoms with Gasteiger partial charge >= 0.3 is 0 Å². The lowest BCUT2D eigenvalue weighted by atomic mass is 9.94. The van der Waals surface area contributed by atoms with Gasteiger partial charge in [0.1, 0.15) is 6.33 Å². The van der Waals surface area contributed by atoms with Crippen molar-refractivity contribution in [2.75, 3.05) is 36.8 Å². The SMILES string of the molecule is CC(C)(C)CNC1CCCN(C2CCCN(c3ncnc(N)c3F)C2)C1=O. The molecular weight excluding hydrogens is 347 g/mol. The van der Waals surface area contributed by atoms with E-state index in [2.05, 4.69) is 36.1 Å². The molecule has 0 aliphatic carbocycles. The molecule has 1 aromatic heterocycles. The maximum Gasteiger partial charge on any atom is 0.240 e. The fraction of sp³-hybridized carbons (Fsp3) is 0.737. The van der Waals surface area contributed by atoms with E-state index >= 15 is 0 Å². The Kier molecular flexibility index (Phi) is 5.83. The first-order chi connectivity index (χ1) is 12.8. The summed E-state index contributed by atoms with van der Waals surface area (Å²) in [5.74, 6) is -0.311. The highest BCUT2D eigenvalue weighted by Crippen LogP contribution is 2.27. The quantitative estimate of drug-likeness (QED) is 0.831. The Balaban J connectivity index is 1.68. The van der Waals surface area contributed by atoms with Gasteiger partial charge in [0.15, 0.2) is 11.6 Å². The zero-order valence-corrected chi connectivity index (χ0v) is 16.5. The minimum atomic E-state index is -0.576. The molecule has 27 heavy (non-hydrogen) atoms. The molecule has 2 aliphatic heterocycles. The number of carbonyl (C=O) groups excluding carboxylic acids is 1. The summed E-state index contributed by atoms with van der Waals surface area (Å²) < 4.78 is 14.3. The number of hydrogen-bond acceptors (Lipinski definition) is 6. The van der Waals surface area contributed by atoms with Crippen LogP contribution in [0.1, 0.15) is 46.5 Å². The largest absolute Gasteiger partial charge is 0.381 e. The van der Waals surface area contributed by atoms with Gasteiger partial charge in [0.05, 0.1) is 6.04 Å². The normalized spacial score (nSPS) is 24.4. The second kappa shape index (κ2) is 7.96. The molecule has 7 nitrogen and oxygen atoms in total. The first-order valence-electron chi connectivity index (χ1n) is 9.81. The summed E-state index contributed by atoms with van der Waals surface area (Å²) in [7, 11) is 0. The first kappa shape index (κ1) is 19.8. The van der Waals surface area contributed by atoms with Crippen LogP contribution in [0.3, 0.4) is 0 Å². The molecule has 2 unspecified atom stereocenters. The van der Waals surface area contributed by atoms with Crippen molar-refractivity contribution in [2.45, 2.75) is 58.5 Å². The van der Waals surface area contributed by atoms with E-state index in [1.165, 1.54) is 6.33 Å². The maximum atomic E-state index is 14.3. The minimum Gasteiger partial charge on any atom is -0.381 e. The predicted octanol–water partition coefficient (Wildman–Crippen LogP) is 1.79. The maximum absolute atomic E-state index is 14.3. The highest BCUT2D eigenvalue weighted by Gasteiger charge is 2.36. The molecule has 0 spiro atoms. The van der Waals surface area contributed by atoms with Gasteiger partial charge in [-0.1, -0.05) is 20.8 Å². The van der Waals surface area contributed by atoms with Crippen LogP contribution in [0.5, 0.6) is 0 Å². The molecule has 150 valence electrons. The number of likely N-dealkylation sites (tertiary alicyclic amines) is 1. The molecular formula is C19H31FN6O. The second-order valence-electron chi connectivity index (χ2n) is 8.81. The Labute approximate surface area is 160 Å². The molecule has 3 rings (SSSR count). The Bertz CT molecular complexity index is 677. The number of nitrogens with one attached hydrogen (secondary N) is 1. The molecule has 1 aromatic rings. The molecule has 0 radical (unpaired) electrons. The van der Waals surface area contributed by atoms with Gasteiger partial charge in [-0.2, -0.15) is 4.39 Å². The molecule has 2 fully saturated rings. The van der Waals surface area contributed by atoms with Gasteiger partial charge in [0, 0.05) is 32.2 Å². The molecule has 2 atom stereocenters. The van der Waals surface area contributed by atoms with Crippen molar-refractivity contribution < 1.29 is 9.18 Å². The van der Waals surface area contributed by atoms with E-state index in [0.717, 1.165) is 38.8 Å². The van der Waals surface area contributed by atoms with Crippen LogP contribution in [0, 0.1) is 11.2 Å². The molecule has 2 aliphatic rings. The zero-order valence-electron chi connectivity index (χ0n) is 16.5. The topological polar surface area (TPSA) is 87.4 Å². The van der Waals surface area contributed by atoms with Crippen LogP contribution >= 0.6 is 0 Å². The number of nitrogens with two attached hydrogens (primary N) is 1. The first-order valence-corrected chi connectivity index (χ1v) is 9.81. The summed E-state index contributed by atoms with van der Waals surface area (Å²) in [6.07, 6.45) is 4.96. The number of rotatable bonds is 4. The van der Waals surface area contributed by atoms with E-state index in [1.807, 2.05) is 9.80 Å². The van der Waals surface area contributed by atoms with E-state index in [9.17, 15) is 9.18 Å². The summed E-state index contributed by atoms with van der Waals surface area (Å²) in [6, 6.07) is -0.0548. The zero-order chi connectivity index (χ0) is 19.6. The lowest BCUT2D eigenvalue weighted by Gasteiger charge is -2.43. The van der Waals surface area contributed by atoms with Gasteiger partial charge < -0.3 is 20.9 Å². The summed E-state index contributed by atoms with van der Waals surface area (Å²) in [5, 5.41) is 3.44. The van der Waals surface area contributed by atoms with Gasteiger partial charge in [-0.3, -0.25) is 4.79 Å². The average molecular weight is 378 g/mol. The third kappa shape index (κ3) is 4.66. The number of piperidine rings is 2. The van der Waals surface area contributed by atoms with Crippen molar-refractivity contribution in [1.82, 2.24) is 20.2 Å². The van der Waals surface area contributed by atoms with E-state index in [0.29, 0.717) is 13.1 Å². The smallest absolute Gasteiger partial charge is 0.240 e. The van der Waals surface area contributed by atoms with Crippen molar-refractivity contribution in [2.24, 2.45) is 5.41 Å². The van der Waals surface area contributed by atoms with Gasteiger partial charge in [0.25, 0.3) is 0 Å². The summed E-state index contributed by atoms with van der Waals surface area (Å²) in [6.45, 7) is 9.33. The molecule has 0 bridgehead atoms. The Morgan fingerprint density at radius 3 is 2.74 bits per heavy atom. The number of carbonyl (C=O) groups is 1. The van der Waals surface area contributed by atoms with Gasteiger partial charge in [0.2, 0.25) is 11.7 Å². The Morgan fingerprint density at radius 2 is 2.00 bits per heavy atom. The fourth-order valence-electron chi connectivity index (χ4n) is 3.88. The summed E-state index contributed by atoms with van der Waals surface area (Å²) in [5.41, 5.74) is 5.72. The van der Waals surface area contributed by atoms with Gasteiger partial charge in [-0.05, 0) is 31.1 Å². The number of aromatic nitrogens is 2. The van der Waals surface area contributed by atoms with Crippen LogP contribution < -0.4 is 16.0 Å². The van der Waals surface area contributed by atoms with E-state index in [-0.39, 0.29) is 35.0 Å². The van der Waals surface area contributed by atoms with Crippen molar-refractivity contribution in [3.8, 4) is 0 Å². The van der Waals surface area contributed by atoms with Crippen LogP contribution in [0.4, 0.5) is 16.0 Å².